The van der Waals surface area contributed by atoms with Crippen molar-refractivity contribution >= 4 is 40.0 Å². The minimum atomic E-state index is -0.548. The molecule has 4 unspecified atom stereocenters. The summed E-state index contributed by atoms with van der Waals surface area (Å²) in [5.74, 6) is 1.09. The monoisotopic (exact) mass is 287 g/mol. The lowest BCUT2D eigenvalue weighted by atomic mass is 9.58. The van der Waals surface area contributed by atoms with Crippen molar-refractivity contribution in [1.82, 2.24) is 0 Å². The molecule has 0 aromatic rings. The normalized spacial score (nSPS) is 58.2. The SMILES string of the molecule is ClC1=NC2(Cl)C3CC=CC3C1(Cl)C1C=CCC12. The van der Waals surface area contributed by atoms with E-state index in [1.807, 2.05) is 0 Å². The molecule has 2 heterocycles. The van der Waals surface area contributed by atoms with E-state index < -0.39 is 9.87 Å². The number of rotatable bonds is 0. The number of alkyl halides is 2. The van der Waals surface area contributed by atoms with Gasteiger partial charge in [0.05, 0.1) is 0 Å². The van der Waals surface area contributed by atoms with Gasteiger partial charge in [0.25, 0.3) is 0 Å². The van der Waals surface area contributed by atoms with Crippen molar-refractivity contribution in [2.24, 2.45) is 28.7 Å². The quantitative estimate of drug-likeness (QED) is 0.364. The van der Waals surface area contributed by atoms with Crippen LogP contribution in [0.25, 0.3) is 0 Å². The summed E-state index contributed by atoms with van der Waals surface area (Å²) in [6.45, 7) is 0. The zero-order valence-electron chi connectivity index (χ0n) is 9.11. The fourth-order valence-corrected chi connectivity index (χ4v) is 5.64. The van der Waals surface area contributed by atoms with E-state index in [-0.39, 0.29) is 11.8 Å². The first-order valence-corrected chi connectivity index (χ1v) is 7.19. The Balaban J connectivity index is 1.98. The highest BCUT2D eigenvalue weighted by Gasteiger charge is 2.69. The Bertz CT molecular complexity index is 451. The van der Waals surface area contributed by atoms with Crippen LogP contribution in [0.4, 0.5) is 0 Å². The minimum absolute atomic E-state index is 0.232. The topological polar surface area (TPSA) is 12.4 Å². The van der Waals surface area contributed by atoms with Gasteiger partial charge >= 0.3 is 0 Å². The van der Waals surface area contributed by atoms with Crippen molar-refractivity contribution in [3.8, 4) is 0 Å². The van der Waals surface area contributed by atoms with Crippen LogP contribution in [0.2, 0.25) is 0 Å². The van der Waals surface area contributed by atoms with E-state index in [0.29, 0.717) is 17.0 Å². The molecule has 0 aromatic heterocycles. The average Bonchev–Trinajstić information content (AvgIpc) is 2.93. The summed E-state index contributed by atoms with van der Waals surface area (Å²) in [6, 6.07) is 0. The summed E-state index contributed by atoms with van der Waals surface area (Å²) >= 11 is 20.1. The van der Waals surface area contributed by atoms with E-state index in [1.54, 1.807) is 0 Å². The van der Waals surface area contributed by atoms with Gasteiger partial charge in [-0.15, -0.1) is 11.6 Å². The number of allylic oxidation sites excluding steroid dienone is 4. The maximum atomic E-state index is 6.89. The molecule has 0 spiro atoms. The lowest BCUT2D eigenvalue weighted by molar-refractivity contribution is 0.0930. The van der Waals surface area contributed by atoms with Gasteiger partial charge in [0.15, 0.2) is 0 Å². The van der Waals surface area contributed by atoms with Gasteiger partial charge in [-0.3, -0.25) is 4.99 Å². The van der Waals surface area contributed by atoms with Gasteiger partial charge in [0.2, 0.25) is 0 Å². The van der Waals surface area contributed by atoms with Gasteiger partial charge in [0.1, 0.15) is 15.0 Å². The summed E-state index contributed by atoms with van der Waals surface area (Å²) in [4.78, 5) is 3.48. The number of aliphatic imine (C=N–C) groups is 1. The van der Waals surface area contributed by atoms with Crippen LogP contribution in [0.15, 0.2) is 29.3 Å². The van der Waals surface area contributed by atoms with E-state index in [4.69, 9.17) is 34.8 Å². The van der Waals surface area contributed by atoms with Crippen LogP contribution < -0.4 is 0 Å². The van der Waals surface area contributed by atoms with E-state index in [1.165, 1.54) is 0 Å². The van der Waals surface area contributed by atoms with Crippen LogP contribution in [-0.2, 0) is 0 Å². The fourth-order valence-electron chi connectivity index (χ4n) is 4.18. The molecule has 5 aliphatic rings. The molecule has 1 saturated carbocycles. The molecule has 0 amide bonds. The van der Waals surface area contributed by atoms with Crippen molar-refractivity contribution in [3.05, 3.63) is 24.3 Å². The molecule has 17 heavy (non-hydrogen) atoms. The maximum absolute atomic E-state index is 6.89. The van der Waals surface area contributed by atoms with E-state index in [9.17, 15) is 0 Å². The Kier molecular flexibility index (Phi) is 2.00. The molecule has 2 aliphatic heterocycles. The molecular formula is C13H12Cl3N. The first-order valence-electron chi connectivity index (χ1n) is 6.05. The zero-order valence-corrected chi connectivity index (χ0v) is 11.4. The van der Waals surface area contributed by atoms with Crippen molar-refractivity contribution in [2.75, 3.05) is 0 Å². The van der Waals surface area contributed by atoms with Crippen LogP contribution in [0.1, 0.15) is 12.8 Å². The highest BCUT2D eigenvalue weighted by molar-refractivity contribution is 6.73. The Hall–Kier alpha value is 0.0200. The van der Waals surface area contributed by atoms with E-state index >= 15 is 0 Å². The summed E-state index contributed by atoms with van der Waals surface area (Å²) in [7, 11) is 0. The summed E-state index contributed by atoms with van der Waals surface area (Å²) < 4.78 is 0. The zero-order chi connectivity index (χ0) is 11.8. The molecule has 0 radical (unpaired) electrons. The molecule has 1 fully saturated rings. The van der Waals surface area contributed by atoms with Crippen LogP contribution >= 0.6 is 34.8 Å². The molecule has 90 valence electrons. The largest absolute Gasteiger partial charge is 0.252 e. The minimum Gasteiger partial charge on any atom is -0.252 e. The van der Waals surface area contributed by atoms with Crippen molar-refractivity contribution in [3.63, 3.8) is 0 Å². The highest BCUT2D eigenvalue weighted by Crippen LogP contribution is 2.66. The molecule has 4 heteroatoms. The summed E-state index contributed by atoms with van der Waals surface area (Å²) in [5, 5.41) is 0.509. The van der Waals surface area contributed by atoms with E-state index in [2.05, 4.69) is 29.3 Å². The molecule has 0 N–H and O–H groups in total. The Labute approximate surface area is 116 Å². The summed E-state index contributed by atoms with van der Waals surface area (Å²) in [6.07, 6.45) is 10.7. The second-order valence-electron chi connectivity index (χ2n) is 5.49. The van der Waals surface area contributed by atoms with E-state index in [0.717, 1.165) is 12.8 Å². The predicted molar refractivity (Wildman–Crippen MR) is 71.9 cm³/mol. The van der Waals surface area contributed by atoms with Gasteiger partial charge in [0, 0.05) is 23.7 Å². The molecule has 1 nitrogen and oxygen atoms in total. The van der Waals surface area contributed by atoms with Gasteiger partial charge in [-0.05, 0) is 12.8 Å². The average molecular weight is 289 g/mol. The second-order valence-corrected chi connectivity index (χ2v) is 7.08. The van der Waals surface area contributed by atoms with Crippen LogP contribution in [0, 0.1) is 23.7 Å². The molecule has 0 aromatic carbocycles. The maximum Gasteiger partial charge on any atom is 0.142 e. The Morgan fingerprint density at radius 1 is 1.06 bits per heavy atom. The van der Waals surface area contributed by atoms with Crippen LogP contribution in [-0.4, -0.2) is 15.0 Å². The van der Waals surface area contributed by atoms with Crippen molar-refractivity contribution in [1.29, 1.82) is 0 Å². The third-order valence-electron chi connectivity index (χ3n) is 4.93. The number of halogens is 3. The van der Waals surface area contributed by atoms with Gasteiger partial charge in [-0.1, -0.05) is 47.5 Å². The fraction of sp³-hybridized carbons (Fsp3) is 0.615. The molecule has 3 aliphatic carbocycles. The lowest BCUT2D eigenvalue weighted by Crippen LogP contribution is -2.65. The first kappa shape index (κ1) is 10.9. The second kappa shape index (κ2) is 3.12. The lowest BCUT2D eigenvalue weighted by Gasteiger charge is -2.58. The van der Waals surface area contributed by atoms with Gasteiger partial charge in [-0.2, -0.15) is 0 Å². The molecule has 2 bridgehead atoms. The van der Waals surface area contributed by atoms with Gasteiger partial charge < -0.3 is 0 Å². The number of hydrogen-bond acceptors (Lipinski definition) is 1. The van der Waals surface area contributed by atoms with Crippen molar-refractivity contribution in [2.45, 2.75) is 22.7 Å². The first-order chi connectivity index (χ1) is 8.08. The summed E-state index contributed by atoms with van der Waals surface area (Å²) in [5.41, 5.74) is 0. The molecule has 5 rings (SSSR count). The number of nitrogens with zero attached hydrogens (tertiary/aromatic N) is 1. The molecule has 4 atom stereocenters. The van der Waals surface area contributed by atoms with Crippen LogP contribution in [0.3, 0.4) is 0 Å². The third-order valence-corrected chi connectivity index (χ3v) is 6.75. The van der Waals surface area contributed by atoms with Crippen LogP contribution in [0.5, 0.6) is 0 Å². The molecular weight excluding hydrogens is 277 g/mol. The smallest absolute Gasteiger partial charge is 0.142 e. The van der Waals surface area contributed by atoms with Gasteiger partial charge in [-0.25, -0.2) is 0 Å². The number of hydrogen-bond donors (Lipinski definition) is 0. The standard InChI is InChI=1S/C13H12Cl3N/c14-11-12(15)7-3-1-5-9(7)13(16,17-11)10-6-2-4-8(10)12/h1-4,7-10H,5-6H2. The highest BCUT2D eigenvalue weighted by atomic mass is 35.5. The Morgan fingerprint density at radius 3 is 2.12 bits per heavy atom. The van der Waals surface area contributed by atoms with Crippen molar-refractivity contribution < 1.29 is 0 Å². The third kappa shape index (κ3) is 1.04. The predicted octanol–water partition coefficient (Wildman–Crippen LogP) is 3.95. The Morgan fingerprint density at radius 2 is 1.59 bits per heavy atom. The molecule has 0 saturated heterocycles.